The normalized spacial score (nSPS) is 23.0. The van der Waals surface area contributed by atoms with E-state index < -0.39 is 12.0 Å². The van der Waals surface area contributed by atoms with Crippen molar-refractivity contribution in [3.05, 3.63) is 52.3 Å². The lowest BCUT2D eigenvalue weighted by atomic mass is 9.68. The van der Waals surface area contributed by atoms with Gasteiger partial charge in [-0.2, -0.15) is 0 Å². The number of carbonyl (C=O) groups is 2. The van der Waals surface area contributed by atoms with Crippen LogP contribution in [0.3, 0.4) is 0 Å². The second-order valence-electron chi connectivity index (χ2n) is 8.43. The van der Waals surface area contributed by atoms with Gasteiger partial charge in [0.1, 0.15) is 11.5 Å². The van der Waals surface area contributed by atoms with Crippen molar-refractivity contribution < 1.29 is 9.59 Å². The van der Waals surface area contributed by atoms with E-state index in [2.05, 4.69) is 18.8 Å². The van der Waals surface area contributed by atoms with Crippen LogP contribution in [0.25, 0.3) is 0 Å². The molecule has 1 aliphatic carbocycles. The van der Waals surface area contributed by atoms with Crippen LogP contribution in [-0.2, 0) is 9.59 Å². The Kier molecular flexibility index (Phi) is 4.99. The van der Waals surface area contributed by atoms with Crippen molar-refractivity contribution in [1.29, 1.82) is 0 Å². The average Bonchev–Trinajstić information content (AvgIpc) is 2.74. The number of fused-ring (bicyclic) bond motifs is 2. The lowest BCUT2D eigenvalue weighted by Crippen LogP contribution is -2.47. The van der Waals surface area contributed by atoms with Crippen molar-refractivity contribution in [1.82, 2.24) is 4.98 Å². The Bertz CT molecular complexity index is 1050. The fourth-order valence-electron chi connectivity index (χ4n) is 4.45. The van der Waals surface area contributed by atoms with E-state index in [0.717, 1.165) is 5.71 Å². The molecule has 0 spiro atoms. The fourth-order valence-corrected chi connectivity index (χ4v) is 4.97. The number of hydrogen-bond acceptors (Lipinski definition) is 4. The summed E-state index contributed by atoms with van der Waals surface area (Å²) in [7, 11) is 0. The van der Waals surface area contributed by atoms with Gasteiger partial charge in [-0.3, -0.25) is 19.6 Å². The van der Waals surface area contributed by atoms with E-state index in [1.807, 2.05) is 0 Å². The number of aliphatic imine (C=N–C) groups is 1. The zero-order chi connectivity index (χ0) is 20.9. The van der Waals surface area contributed by atoms with Gasteiger partial charge in [-0.05, 0) is 35.6 Å². The molecule has 1 saturated carbocycles. The SMILES string of the molecule is CC(=O)N1c2ccncc2N=C2CC(C)(C)CC(=O)C2[C@@H]1c1ccc(Cl)cc1Cl. The summed E-state index contributed by atoms with van der Waals surface area (Å²) in [4.78, 5) is 36.9. The first-order valence-electron chi connectivity index (χ1n) is 9.47. The van der Waals surface area contributed by atoms with E-state index in [-0.39, 0.29) is 17.1 Å². The molecule has 29 heavy (non-hydrogen) atoms. The molecule has 1 amide bonds. The molecule has 0 N–H and O–H groups in total. The van der Waals surface area contributed by atoms with Crippen LogP contribution in [0.4, 0.5) is 11.4 Å². The molecule has 0 saturated heterocycles. The quantitative estimate of drug-likeness (QED) is 0.594. The summed E-state index contributed by atoms with van der Waals surface area (Å²) in [6.07, 6.45) is 4.33. The van der Waals surface area contributed by atoms with Gasteiger partial charge < -0.3 is 4.90 Å². The lowest BCUT2D eigenvalue weighted by Gasteiger charge is -2.40. The van der Waals surface area contributed by atoms with Gasteiger partial charge in [0, 0.05) is 35.3 Å². The van der Waals surface area contributed by atoms with Crippen LogP contribution in [0.2, 0.25) is 10.0 Å². The molecule has 0 radical (unpaired) electrons. The first kappa shape index (κ1) is 20.0. The number of amides is 1. The minimum atomic E-state index is -0.594. The number of hydrogen-bond donors (Lipinski definition) is 0. The fraction of sp³-hybridized carbons (Fsp3) is 0.364. The summed E-state index contributed by atoms with van der Waals surface area (Å²) in [5, 5.41) is 0.916. The molecular formula is C22H21Cl2N3O2. The number of anilines is 1. The summed E-state index contributed by atoms with van der Waals surface area (Å²) < 4.78 is 0. The Balaban J connectivity index is 2.01. The Morgan fingerprint density at radius 3 is 2.66 bits per heavy atom. The molecule has 1 aromatic carbocycles. The summed E-state index contributed by atoms with van der Waals surface area (Å²) in [6.45, 7) is 5.61. The minimum absolute atomic E-state index is 0.0584. The van der Waals surface area contributed by atoms with Crippen molar-refractivity contribution in [2.45, 2.75) is 39.7 Å². The largest absolute Gasteiger partial charge is 0.302 e. The van der Waals surface area contributed by atoms with E-state index in [0.29, 0.717) is 39.8 Å². The van der Waals surface area contributed by atoms with Crippen LogP contribution < -0.4 is 4.90 Å². The summed E-state index contributed by atoms with van der Waals surface area (Å²) in [6, 6.07) is 6.33. The molecule has 2 heterocycles. The highest BCUT2D eigenvalue weighted by molar-refractivity contribution is 6.35. The van der Waals surface area contributed by atoms with Crippen LogP contribution in [0.1, 0.15) is 45.2 Å². The molecule has 1 unspecified atom stereocenters. The Labute approximate surface area is 179 Å². The number of rotatable bonds is 1. The lowest BCUT2D eigenvalue weighted by molar-refractivity contribution is -0.124. The van der Waals surface area contributed by atoms with Gasteiger partial charge in [0.2, 0.25) is 5.91 Å². The first-order valence-corrected chi connectivity index (χ1v) is 10.2. The molecule has 1 aliphatic heterocycles. The van der Waals surface area contributed by atoms with E-state index in [4.69, 9.17) is 28.2 Å². The van der Waals surface area contributed by atoms with Crippen LogP contribution in [0, 0.1) is 11.3 Å². The molecular weight excluding hydrogens is 409 g/mol. The number of nitrogens with zero attached hydrogens (tertiary/aromatic N) is 3. The van der Waals surface area contributed by atoms with E-state index >= 15 is 0 Å². The first-order chi connectivity index (χ1) is 13.7. The highest BCUT2D eigenvalue weighted by Gasteiger charge is 2.47. The number of benzene rings is 1. The zero-order valence-corrected chi connectivity index (χ0v) is 18.0. The average molecular weight is 430 g/mol. The Morgan fingerprint density at radius 2 is 1.97 bits per heavy atom. The highest BCUT2D eigenvalue weighted by Crippen LogP contribution is 2.49. The molecule has 7 heteroatoms. The Hall–Kier alpha value is -2.24. The molecule has 150 valence electrons. The molecule has 0 bridgehead atoms. The second kappa shape index (κ2) is 7.22. The predicted molar refractivity (Wildman–Crippen MR) is 115 cm³/mol. The van der Waals surface area contributed by atoms with Gasteiger partial charge in [0.05, 0.1) is 23.8 Å². The van der Waals surface area contributed by atoms with Crippen molar-refractivity contribution in [3.8, 4) is 0 Å². The maximum atomic E-state index is 13.4. The van der Waals surface area contributed by atoms with Gasteiger partial charge >= 0.3 is 0 Å². The topological polar surface area (TPSA) is 62.6 Å². The molecule has 5 nitrogen and oxygen atoms in total. The number of ketones is 1. The third-order valence-electron chi connectivity index (χ3n) is 5.53. The third kappa shape index (κ3) is 3.58. The number of halogens is 2. The second-order valence-corrected chi connectivity index (χ2v) is 9.27. The van der Waals surface area contributed by atoms with Crippen molar-refractivity contribution in [2.24, 2.45) is 16.3 Å². The molecule has 2 aliphatic rings. The van der Waals surface area contributed by atoms with Crippen molar-refractivity contribution in [2.75, 3.05) is 4.90 Å². The predicted octanol–water partition coefficient (Wildman–Crippen LogP) is 5.57. The number of carbonyl (C=O) groups excluding carboxylic acids is 2. The van der Waals surface area contributed by atoms with Gasteiger partial charge in [0.15, 0.2) is 0 Å². The molecule has 1 aromatic heterocycles. The van der Waals surface area contributed by atoms with Gasteiger partial charge in [-0.1, -0.05) is 43.1 Å². The molecule has 2 atom stereocenters. The van der Waals surface area contributed by atoms with Crippen LogP contribution in [-0.4, -0.2) is 22.4 Å². The highest BCUT2D eigenvalue weighted by atomic mass is 35.5. The maximum absolute atomic E-state index is 13.4. The van der Waals surface area contributed by atoms with Gasteiger partial charge in [0.25, 0.3) is 0 Å². The summed E-state index contributed by atoms with van der Waals surface area (Å²) >= 11 is 12.7. The number of aromatic nitrogens is 1. The number of pyridine rings is 1. The van der Waals surface area contributed by atoms with E-state index in [1.165, 1.54) is 6.92 Å². The van der Waals surface area contributed by atoms with Gasteiger partial charge in [-0.15, -0.1) is 0 Å². The number of Topliss-reactive ketones (excluding diaryl/α,β-unsaturated/α-hetero) is 1. The summed E-state index contributed by atoms with van der Waals surface area (Å²) in [5.41, 5.74) is 2.45. The van der Waals surface area contributed by atoms with E-state index in [9.17, 15) is 9.59 Å². The van der Waals surface area contributed by atoms with Crippen molar-refractivity contribution >= 4 is 52.0 Å². The standard InChI is InChI=1S/C22H21Cl2N3O2/c1-12(28)27-18-6-7-25-11-17(18)26-16-9-22(2,3)10-19(29)20(16)21(27)14-5-4-13(23)8-15(14)24/h4-8,11,20-21H,9-10H2,1-3H3/t20?,21-/m0/s1. The molecule has 1 fully saturated rings. The Morgan fingerprint density at radius 1 is 1.21 bits per heavy atom. The van der Waals surface area contributed by atoms with Crippen molar-refractivity contribution in [3.63, 3.8) is 0 Å². The van der Waals surface area contributed by atoms with E-state index in [1.54, 1.807) is 41.6 Å². The molecule has 2 aromatic rings. The van der Waals surface area contributed by atoms with Crippen LogP contribution in [0.15, 0.2) is 41.7 Å². The maximum Gasteiger partial charge on any atom is 0.224 e. The monoisotopic (exact) mass is 429 g/mol. The molecule has 4 rings (SSSR count). The van der Waals surface area contributed by atoms with Crippen LogP contribution >= 0.6 is 23.2 Å². The zero-order valence-electron chi connectivity index (χ0n) is 16.4. The minimum Gasteiger partial charge on any atom is -0.302 e. The third-order valence-corrected chi connectivity index (χ3v) is 6.10. The summed E-state index contributed by atoms with van der Waals surface area (Å²) in [5.74, 6) is -0.705. The van der Waals surface area contributed by atoms with Crippen LogP contribution in [0.5, 0.6) is 0 Å². The smallest absolute Gasteiger partial charge is 0.224 e. The van der Waals surface area contributed by atoms with Gasteiger partial charge in [-0.25, -0.2) is 0 Å².